The summed E-state index contributed by atoms with van der Waals surface area (Å²) < 4.78 is 7.38. The second kappa shape index (κ2) is 5.34. The van der Waals surface area contributed by atoms with Gasteiger partial charge in [0.1, 0.15) is 11.8 Å². The average Bonchev–Trinajstić information content (AvgIpc) is 2.92. The molecule has 21 heavy (non-hydrogen) atoms. The molecule has 0 bridgehead atoms. The molecule has 0 saturated carbocycles. The highest BCUT2D eigenvalue weighted by atomic mass is 16.5. The van der Waals surface area contributed by atoms with Crippen molar-refractivity contribution in [3.8, 4) is 11.8 Å². The van der Waals surface area contributed by atoms with Crippen LogP contribution in [0, 0.1) is 18.3 Å². The van der Waals surface area contributed by atoms with E-state index in [4.69, 9.17) is 4.74 Å². The molecule has 3 aromatic rings. The van der Waals surface area contributed by atoms with Gasteiger partial charge in [0, 0.05) is 23.6 Å². The molecular formula is C18H16N2O. The number of aromatic nitrogens is 1. The largest absolute Gasteiger partial charge is 0.495 e. The van der Waals surface area contributed by atoms with Crippen molar-refractivity contribution >= 4 is 10.9 Å². The van der Waals surface area contributed by atoms with Gasteiger partial charge in [-0.25, -0.2) is 0 Å². The third-order valence-electron chi connectivity index (χ3n) is 3.77. The van der Waals surface area contributed by atoms with Crippen LogP contribution in [0.25, 0.3) is 10.9 Å². The topological polar surface area (TPSA) is 38.0 Å². The Hall–Kier alpha value is -2.73. The van der Waals surface area contributed by atoms with Crippen LogP contribution in [0.2, 0.25) is 0 Å². The molecule has 0 fully saturated rings. The predicted octanol–water partition coefficient (Wildman–Crippen LogP) is 3.88. The minimum atomic E-state index is 0.572. The maximum absolute atomic E-state index is 9.17. The third-order valence-corrected chi connectivity index (χ3v) is 3.77. The van der Waals surface area contributed by atoms with E-state index >= 15 is 0 Å². The third kappa shape index (κ3) is 2.36. The van der Waals surface area contributed by atoms with Gasteiger partial charge < -0.3 is 9.30 Å². The van der Waals surface area contributed by atoms with Gasteiger partial charge in [-0.15, -0.1) is 0 Å². The fraction of sp³-hybridized carbons (Fsp3) is 0.167. The van der Waals surface area contributed by atoms with Gasteiger partial charge >= 0.3 is 0 Å². The molecule has 0 amide bonds. The summed E-state index contributed by atoms with van der Waals surface area (Å²) in [6.45, 7) is 2.86. The van der Waals surface area contributed by atoms with Crippen molar-refractivity contribution in [1.29, 1.82) is 5.26 Å². The van der Waals surface area contributed by atoms with Crippen LogP contribution in [0.5, 0.6) is 5.75 Å². The zero-order valence-corrected chi connectivity index (χ0v) is 12.1. The summed E-state index contributed by atoms with van der Waals surface area (Å²) in [5.41, 5.74) is 4.15. The number of methoxy groups -OCH3 is 1. The number of hydrogen-bond donors (Lipinski definition) is 0. The summed E-state index contributed by atoms with van der Waals surface area (Å²) in [5, 5.41) is 10.4. The summed E-state index contributed by atoms with van der Waals surface area (Å²) in [7, 11) is 1.58. The predicted molar refractivity (Wildman–Crippen MR) is 83.5 cm³/mol. The molecule has 3 nitrogen and oxygen atoms in total. The Balaban J connectivity index is 1.99. The van der Waals surface area contributed by atoms with E-state index in [0.29, 0.717) is 11.3 Å². The van der Waals surface area contributed by atoms with Crippen molar-refractivity contribution in [2.45, 2.75) is 13.5 Å². The van der Waals surface area contributed by atoms with Crippen molar-refractivity contribution in [2.75, 3.05) is 7.11 Å². The summed E-state index contributed by atoms with van der Waals surface area (Å²) >= 11 is 0. The highest BCUT2D eigenvalue weighted by molar-refractivity contribution is 5.83. The van der Waals surface area contributed by atoms with Gasteiger partial charge in [-0.1, -0.05) is 18.2 Å². The first kappa shape index (κ1) is 13.3. The number of rotatable bonds is 3. The van der Waals surface area contributed by atoms with Crippen molar-refractivity contribution < 1.29 is 4.74 Å². The molecule has 0 N–H and O–H groups in total. The fourth-order valence-electron chi connectivity index (χ4n) is 2.65. The maximum Gasteiger partial charge on any atom is 0.136 e. The molecule has 0 spiro atoms. The van der Waals surface area contributed by atoms with E-state index in [1.165, 1.54) is 16.5 Å². The lowest BCUT2D eigenvalue weighted by Gasteiger charge is -2.08. The molecule has 1 aromatic heterocycles. The van der Waals surface area contributed by atoms with Crippen LogP contribution in [-0.4, -0.2) is 11.7 Å². The number of aryl methyl sites for hydroxylation is 1. The van der Waals surface area contributed by atoms with Crippen LogP contribution in [0.15, 0.2) is 48.7 Å². The van der Waals surface area contributed by atoms with Crippen LogP contribution in [0.4, 0.5) is 0 Å². The number of fused-ring (bicyclic) bond motifs is 1. The Morgan fingerprint density at radius 3 is 2.81 bits per heavy atom. The molecule has 0 unspecified atom stereocenters. The van der Waals surface area contributed by atoms with Gasteiger partial charge in [-0.05, 0) is 42.3 Å². The van der Waals surface area contributed by atoms with Crippen molar-refractivity contribution in [3.05, 3.63) is 65.4 Å². The van der Waals surface area contributed by atoms with Gasteiger partial charge in [-0.3, -0.25) is 0 Å². The van der Waals surface area contributed by atoms with Gasteiger partial charge in [-0.2, -0.15) is 5.26 Å². The molecular weight excluding hydrogens is 260 g/mol. The Morgan fingerprint density at radius 2 is 2.05 bits per heavy atom. The fourth-order valence-corrected chi connectivity index (χ4v) is 2.65. The van der Waals surface area contributed by atoms with Crippen molar-refractivity contribution in [2.24, 2.45) is 0 Å². The molecule has 0 radical (unpaired) electrons. The molecule has 0 aliphatic carbocycles. The number of nitriles is 1. The number of hydrogen-bond acceptors (Lipinski definition) is 2. The van der Waals surface area contributed by atoms with Gasteiger partial charge in [0.2, 0.25) is 0 Å². The lowest BCUT2D eigenvalue weighted by Crippen LogP contribution is -1.99. The molecule has 0 aliphatic heterocycles. The Bertz CT molecular complexity index is 840. The molecule has 3 heteroatoms. The van der Waals surface area contributed by atoms with Crippen LogP contribution < -0.4 is 4.74 Å². The van der Waals surface area contributed by atoms with Gasteiger partial charge in [0.25, 0.3) is 0 Å². The lowest BCUT2D eigenvalue weighted by molar-refractivity contribution is 0.413. The van der Waals surface area contributed by atoms with E-state index in [9.17, 15) is 5.26 Å². The Morgan fingerprint density at radius 1 is 1.19 bits per heavy atom. The Kier molecular flexibility index (Phi) is 3.37. The van der Waals surface area contributed by atoms with Crippen LogP contribution in [0.1, 0.15) is 16.7 Å². The van der Waals surface area contributed by atoms with E-state index in [1.54, 1.807) is 7.11 Å². The van der Waals surface area contributed by atoms with Gasteiger partial charge in [0.05, 0.1) is 12.7 Å². The van der Waals surface area contributed by atoms with Crippen LogP contribution >= 0.6 is 0 Å². The molecule has 0 atom stereocenters. The smallest absolute Gasteiger partial charge is 0.136 e. The van der Waals surface area contributed by atoms with Crippen molar-refractivity contribution in [1.82, 2.24) is 4.57 Å². The van der Waals surface area contributed by atoms with E-state index in [-0.39, 0.29) is 0 Å². The summed E-state index contributed by atoms with van der Waals surface area (Å²) in [6.07, 6.45) is 2.09. The molecule has 0 aliphatic rings. The SMILES string of the molecule is COc1ccc(Cn2ccc3c(C)cccc32)cc1C#N. The zero-order valence-electron chi connectivity index (χ0n) is 12.1. The average molecular weight is 276 g/mol. The normalized spacial score (nSPS) is 10.5. The number of ether oxygens (including phenoxy) is 1. The summed E-state index contributed by atoms with van der Waals surface area (Å²) in [4.78, 5) is 0. The van der Waals surface area contributed by atoms with Crippen LogP contribution in [-0.2, 0) is 6.54 Å². The van der Waals surface area contributed by atoms with E-state index < -0.39 is 0 Å². The molecule has 3 rings (SSSR count). The van der Waals surface area contributed by atoms with E-state index in [0.717, 1.165) is 12.1 Å². The first-order valence-electron chi connectivity index (χ1n) is 6.84. The Labute approximate surface area is 124 Å². The monoisotopic (exact) mass is 276 g/mol. The van der Waals surface area contributed by atoms with E-state index in [1.807, 2.05) is 18.2 Å². The quantitative estimate of drug-likeness (QED) is 0.728. The first-order valence-corrected chi connectivity index (χ1v) is 6.84. The molecule has 104 valence electrons. The summed E-state index contributed by atoms with van der Waals surface area (Å²) in [6, 6.07) is 16.4. The summed E-state index contributed by atoms with van der Waals surface area (Å²) in [5.74, 6) is 0.620. The second-order valence-electron chi connectivity index (χ2n) is 5.10. The molecule has 1 heterocycles. The second-order valence-corrected chi connectivity index (χ2v) is 5.10. The minimum absolute atomic E-state index is 0.572. The molecule has 2 aromatic carbocycles. The highest BCUT2D eigenvalue weighted by Crippen LogP contribution is 2.23. The first-order chi connectivity index (χ1) is 10.2. The van der Waals surface area contributed by atoms with Crippen molar-refractivity contribution in [3.63, 3.8) is 0 Å². The maximum atomic E-state index is 9.17. The van der Waals surface area contributed by atoms with Crippen LogP contribution in [0.3, 0.4) is 0 Å². The highest BCUT2D eigenvalue weighted by Gasteiger charge is 2.06. The molecule has 0 saturated heterocycles. The van der Waals surface area contributed by atoms with Gasteiger partial charge in [0.15, 0.2) is 0 Å². The number of benzene rings is 2. The zero-order chi connectivity index (χ0) is 14.8. The number of nitrogens with zero attached hydrogens (tertiary/aromatic N) is 2. The minimum Gasteiger partial charge on any atom is -0.495 e. The standard InChI is InChI=1S/C18H16N2O/c1-13-4-3-5-17-16(13)8-9-20(17)12-14-6-7-18(21-2)15(10-14)11-19/h3-10H,12H2,1-2H3. The lowest BCUT2D eigenvalue weighted by atomic mass is 10.1. The van der Waals surface area contributed by atoms with E-state index in [2.05, 4.69) is 48.0 Å².